The molecule has 3 rings (SSSR count). The minimum Gasteiger partial charge on any atom is -0.493 e. The van der Waals surface area contributed by atoms with E-state index in [2.05, 4.69) is 5.32 Å². The molecule has 0 spiro atoms. The number of amides is 1. The second-order valence-electron chi connectivity index (χ2n) is 6.71. The summed E-state index contributed by atoms with van der Waals surface area (Å²) < 4.78 is 34.2. The minimum atomic E-state index is -1.30. The van der Waals surface area contributed by atoms with Gasteiger partial charge in [0.25, 0.3) is 5.91 Å². The van der Waals surface area contributed by atoms with Gasteiger partial charge in [-0.25, -0.2) is 0 Å². The summed E-state index contributed by atoms with van der Waals surface area (Å²) in [6.07, 6.45) is 0.517. The predicted molar refractivity (Wildman–Crippen MR) is 122 cm³/mol. The molecule has 1 heterocycles. The third kappa shape index (κ3) is 5.63. The van der Waals surface area contributed by atoms with Crippen molar-refractivity contribution in [2.75, 3.05) is 27.9 Å². The van der Waals surface area contributed by atoms with Gasteiger partial charge >= 0.3 is 0 Å². The predicted octanol–water partition coefficient (Wildman–Crippen LogP) is 4.24. The van der Waals surface area contributed by atoms with Crippen LogP contribution in [-0.4, -0.2) is 38.0 Å². The lowest BCUT2D eigenvalue weighted by Crippen LogP contribution is -2.25. The summed E-state index contributed by atoms with van der Waals surface area (Å²) in [6.45, 7) is 0.359. The SMILES string of the molecule is COc1ccc(CCNC(=O)c2ccc(CS(=O)c3ccc(Cl)cc3)o2)c(OC)c1OC. The molecule has 1 N–H and O–H groups in total. The smallest absolute Gasteiger partial charge is 0.287 e. The fourth-order valence-corrected chi connectivity index (χ4v) is 4.28. The van der Waals surface area contributed by atoms with Gasteiger partial charge in [-0.05, 0) is 48.9 Å². The summed E-state index contributed by atoms with van der Waals surface area (Å²) in [5.74, 6) is 2.06. The Labute approximate surface area is 194 Å². The summed E-state index contributed by atoms with van der Waals surface area (Å²) in [7, 11) is 3.35. The van der Waals surface area contributed by atoms with Crippen molar-refractivity contribution in [1.29, 1.82) is 0 Å². The molecule has 0 fully saturated rings. The van der Waals surface area contributed by atoms with Gasteiger partial charge in [-0.15, -0.1) is 0 Å². The second-order valence-corrected chi connectivity index (χ2v) is 8.60. The maximum Gasteiger partial charge on any atom is 0.287 e. The average molecular weight is 478 g/mol. The second kappa shape index (κ2) is 11.1. The van der Waals surface area contributed by atoms with Crippen molar-refractivity contribution in [3.8, 4) is 17.2 Å². The molecule has 3 aromatic rings. The van der Waals surface area contributed by atoms with E-state index in [1.54, 1.807) is 63.8 Å². The van der Waals surface area contributed by atoms with Crippen LogP contribution < -0.4 is 19.5 Å². The van der Waals surface area contributed by atoms with Crippen LogP contribution in [0.1, 0.15) is 21.9 Å². The molecule has 0 aliphatic carbocycles. The lowest BCUT2D eigenvalue weighted by atomic mass is 10.1. The summed E-state index contributed by atoms with van der Waals surface area (Å²) >= 11 is 5.86. The molecule has 2 aromatic carbocycles. The third-order valence-electron chi connectivity index (χ3n) is 4.70. The zero-order valence-electron chi connectivity index (χ0n) is 18.0. The van der Waals surface area contributed by atoms with Gasteiger partial charge in [0.15, 0.2) is 17.3 Å². The summed E-state index contributed by atoms with van der Waals surface area (Å²) in [5, 5.41) is 3.40. The van der Waals surface area contributed by atoms with Crippen molar-refractivity contribution < 1.29 is 27.6 Å². The van der Waals surface area contributed by atoms with E-state index in [0.717, 1.165) is 5.56 Å². The molecular weight excluding hydrogens is 454 g/mol. The first-order valence-electron chi connectivity index (χ1n) is 9.75. The first-order valence-corrected chi connectivity index (χ1v) is 11.4. The number of hydrogen-bond acceptors (Lipinski definition) is 6. The molecule has 1 amide bonds. The monoisotopic (exact) mass is 477 g/mol. The Kier molecular flexibility index (Phi) is 8.19. The molecule has 0 aliphatic rings. The van der Waals surface area contributed by atoms with Crippen LogP contribution >= 0.6 is 11.6 Å². The Bertz CT molecular complexity index is 1100. The summed E-state index contributed by atoms with van der Waals surface area (Å²) in [5.41, 5.74) is 0.865. The van der Waals surface area contributed by atoms with E-state index >= 15 is 0 Å². The highest BCUT2D eigenvalue weighted by Crippen LogP contribution is 2.39. The Balaban J connectivity index is 1.58. The van der Waals surface area contributed by atoms with E-state index in [1.807, 2.05) is 6.07 Å². The van der Waals surface area contributed by atoms with E-state index in [4.69, 9.17) is 30.2 Å². The lowest BCUT2D eigenvalue weighted by molar-refractivity contribution is 0.0925. The van der Waals surface area contributed by atoms with Crippen LogP contribution in [0.5, 0.6) is 17.2 Å². The number of carbonyl (C=O) groups is 1. The highest BCUT2D eigenvalue weighted by molar-refractivity contribution is 7.84. The van der Waals surface area contributed by atoms with Crippen LogP contribution in [-0.2, 0) is 23.0 Å². The fraction of sp³-hybridized carbons (Fsp3) is 0.261. The third-order valence-corrected chi connectivity index (χ3v) is 6.30. The number of rotatable bonds is 10. The van der Waals surface area contributed by atoms with Crippen LogP contribution in [0.2, 0.25) is 5.02 Å². The van der Waals surface area contributed by atoms with Crippen molar-refractivity contribution in [3.63, 3.8) is 0 Å². The standard InChI is InChI=1S/C23H24ClNO6S/c1-28-19-10-4-15(21(29-2)22(19)30-3)12-13-25-23(26)20-11-7-17(31-20)14-32(27)18-8-5-16(24)6-9-18/h4-11H,12-14H2,1-3H3,(H,25,26). The van der Waals surface area contributed by atoms with Gasteiger partial charge in [0.1, 0.15) is 5.76 Å². The quantitative estimate of drug-likeness (QED) is 0.470. The topological polar surface area (TPSA) is 87.0 Å². The highest BCUT2D eigenvalue weighted by Gasteiger charge is 2.17. The average Bonchev–Trinajstić information content (AvgIpc) is 3.27. The van der Waals surface area contributed by atoms with Gasteiger partial charge in [-0.2, -0.15) is 0 Å². The van der Waals surface area contributed by atoms with Crippen LogP contribution in [0, 0.1) is 0 Å². The van der Waals surface area contributed by atoms with Gasteiger partial charge in [-0.3, -0.25) is 9.00 Å². The number of furan rings is 1. The molecule has 0 saturated heterocycles. The molecule has 0 aliphatic heterocycles. The molecule has 1 unspecified atom stereocenters. The zero-order chi connectivity index (χ0) is 23.1. The maximum atomic E-state index is 12.5. The molecule has 170 valence electrons. The van der Waals surface area contributed by atoms with Crippen LogP contribution in [0.25, 0.3) is 0 Å². The van der Waals surface area contributed by atoms with E-state index in [-0.39, 0.29) is 17.4 Å². The van der Waals surface area contributed by atoms with Gasteiger partial charge in [0, 0.05) is 22.0 Å². The number of carbonyl (C=O) groups excluding carboxylic acids is 1. The first-order chi connectivity index (χ1) is 15.5. The molecular formula is C23H24ClNO6S. The number of hydrogen-bond donors (Lipinski definition) is 1. The largest absolute Gasteiger partial charge is 0.493 e. The number of ether oxygens (including phenoxy) is 3. The molecule has 32 heavy (non-hydrogen) atoms. The van der Waals surface area contributed by atoms with Gasteiger partial charge in [0.05, 0.1) is 37.9 Å². The lowest BCUT2D eigenvalue weighted by Gasteiger charge is -2.15. The van der Waals surface area contributed by atoms with Gasteiger partial charge < -0.3 is 23.9 Å². The van der Waals surface area contributed by atoms with Crippen molar-refractivity contribution >= 4 is 28.3 Å². The number of halogens is 1. The molecule has 7 nitrogen and oxygen atoms in total. The summed E-state index contributed by atoms with van der Waals surface area (Å²) in [6, 6.07) is 13.7. The molecule has 0 radical (unpaired) electrons. The number of benzene rings is 2. The Hall–Kier alpha value is -2.97. The molecule has 1 atom stereocenters. The normalized spacial score (nSPS) is 11.6. The Morgan fingerprint density at radius 3 is 2.34 bits per heavy atom. The molecule has 9 heteroatoms. The maximum absolute atomic E-state index is 12.5. The van der Waals surface area contributed by atoms with Crippen molar-refractivity contribution in [1.82, 2.24) is 5.32 Å². The van der Waals surface area contributed by atoms with E-state index < -0.39 is 10.8 Å². The summed E-state index contributed by atoms with van der Waals surface area (Å²) in [4.78, 5) is 13.1. The fourth-order valence-electron chi connectivity index (χ4n) is 3.13. The molecule has 0 bridgehead atoms. The van der Waals surface area contributed by atoms with Crippen LogP contribution in [0.4, 0.5) is 0 Å². The van der Waals surface area contributed by atoms with Crippen LogP contribution in [0.3, 0.4) is 0 Å². The number of methoxy groups -OCH3 is 3. The highest BCUT2D eigenvalue weighted by atomic mass is 35.5. The van der Waals surface area contributed by atoms with E-state index in [1.165, 1.54) is 0 Å². The van der Waals surface area contributed by atoms with E-state index in [9.17, 15) is 9.00 Å². The van der Waals surface area contributed by atoms with Crippen LogP contribution in [0.15, 0.2) is 57.8 Å². The molecule has 0 saturated carbocycles. The van der Waals surface area contributed by atoms with Gasteiger partial charge in [0.2, 0.25) is 5.75 Å². The minimum absolute atomic E-state index is 0.160. The van der Waals surface area contributed by atoms with Crippen molar-refractivity contribution in [3.05, 3.63) is 70.6 Å². The Morgan fingerprint density at radius 2 is 1.69 bits per heavy atom. The van der Waals surface area contributed by atoms with Crippen molar-refractivity contribution in [2.45, 2.75) is 17.1 Å². The zero-order valence-corrected chi connectivity index (χ0v) is 19.5. The van der Waals surface area contributed by atoms with Crippen molar-refractivity contribution in [2.24, 2.45) is 0 Å². The van der Waals surface area contributed by atoms with E-state index in [0.29, 0.717) is 45.9 Å². The first kappa shape index (κ1) is 23.7. The Morgan fingerprint density at radius 1 is 0.969 bits per heavy atom. The number of nitrogens with one attached hydrogen (secondary N) is 1. The molecule has 1 aromatic heterocycles. The van der Waals surface area contributed by atoms with Gasteiger partial charge in [-0.1, -0.05) is 17.7 Å².